The van der Waals surface area contributed by atoms with Crippen LogP contribution in [-0.4, -0.2) is 5.11 Å². The third kappa shape index (κ3) is 3.69. The number of halogens is 2. The van der Waals surface area contributed by atoms with Gasteiger partial charge < -0.3 is 9.84 Å². The number of phenols is 1. The minimum Gasteiger partial charge on any atom is -0.504 e. The summed E-state index contributed by atoms with van der Waals surface area (Å²) in [5.74, 6) is 0.888. The number of phenolic OH excluding ortho intramolecular Hbond substituents is 1. The predicted molar refractivity (Wildman–Crippen MR) is 83.2 cm³/mol. The van der Waals surface area contributed by atoms with Crippen molar-refractivity contribution in [1.82, 2.24) is 0 Å². The lowest BCUT2D eigenvalue weighted by Gasteiger charge is -2.10. The Bertz CT molecular complexity index is 624. The molecule has 0 aliphatic heterocycles. The van der Waals surface area contributed by atoms with Gasteiger partial charge in [0.1, 0.15) is 5.75 Å². The number of ether oxygens (including phenoxy) is 1. The van der Waals surface area contributed by atoms with Crippen LogP contribution in [0.4, 0.5) is 0 Å². The van der Waals surface area contributed by atoms with Crippen LogP contribution in [0.1, 0.15) is 12.0 Å². The summed E-state index contributed by atoms with van der Waals surface area (Å²) in [5, 5.41) is 10.9. The molecule has 0 heterocycles. The van der Waals surface area contributed by atoms with Crippen LogP contribution in [0, 0.1) is 0 Å². The van der Waals surface area contributed by atoms with E-state index in [1.807, 2.05) is 12.1 Å². The number of hydrogen-bond acceptors (Lipinski definition) is 2. The van der Waals surface area contributed by atoms with Gasteiger partial charge in [-0.15, -0.1) is 6.58 Å². The van der Waals surface area contributed by atoms with Gasteiger partial charge in [-0.25, -0.2) is 0 Å². The number of hydrogen-bond donors (Lipinski definition) is 1. The summed E-state index contributed by atoms with van der Waals surface area (Å²) in [7, 11) is 0. The van der Waals surface area contributed by atoms with Crippen LogP contribution in [0.3, 0.4) is 0 Å². The van der Waals surface area contributed by atoms with Gasteiger partial charge in [-0.3, -0.25) is 0 Å². The molecule has 0 atom stereocenters. The molecule has 0 aliphatic carbocycles. The van der Waals surface area contributed by atoms with E-state index in [0.717, 1.165) is 18.4 Å². The monoisotopic (exact) mass is 308 g/mol. The van der Waals surface area contributed by atoms with Crippen LogP contribution in [0.2, 0.25) is 10.0 Å². The van der Waals surface area contributed by atoms with Crippen molar-refractivity contribution in [3.8, 4) is 17.2 Å². The van der Waals surface area contributed by atoms with Gasteiger partial charge in [0.25, 0.3) is 0 Å². The van der Waals surface area contributed by atoms with Crippen LogP contribution in [0.15, 0.2) is 49.1 Å². The van der Waals surface area contributed by atoms with E-state index in [0.29, 0.717) is 21.5 Å². The Labute approximate surface area is 128 Å². The third-order valence-electron chi connectivity index (χ3n) is 2.77. The first-order valence-electron chi connectivity index (χ1n) is 6.16. The second-order valence-electron chi connectivity index (χ2n) is 4.31. The molecule has 0 bridgehead atoms. The summed E-state index contributed by atoms with van der Waals surface area (Å²) in [6, 6.07) is 10.2. The minimum absolute atomic E-state index is 0.0811. The highest BCUT2D eigenvalue weighted by Gasteiger charge is 2.08. The van der Waals surface area contributed by atoms with Crippen molar-refractivity contribution in [2.45, 2.75) is 12.8 Å². The molecule has 0 spiro atoms. The first-order chi connectivity index (χ1) is 9.60. The molecule has 2 rings (SSSR count). The van der Waals surface area contributed by atoms with Crippen LogP contribution < -0.4 is 4.74 Å². The lowest BCUT2D eigenvalue weighted by molar-refractivity contribution is 0.411. The van der Waals surface area contributed by atoms with E-state index in [-0.39, 0.29) is 5.75 Å². The topological polar surface area (TPSA) is 29.5 Å². The van der Waals surface area contributed by atoms with E-state index in [2.05, 4.69) is 6.58 Å². The van der Waals surface area contributed by atoms with Crippen molar-refractivity contribution in [2.24, 2.45) is 0 Å². The molecule has 0 amide bonds. The molecule has 0 aromatic heterocycles. The molecule has 0 fully saturated rings. The zero-order valence-corrected chi connectivity index (χ0v) is 12.3. The first kappa shape index (κ1) is 14.8. The van der Waals surface area contributed by atoms with Crippen LogP contribution in [0.5, 0.6) is 17.2 Å². The Hall–Kier alpha value is -1.64. The van der Waals surface area contributed by atoms with E-state index in [9.17, 15) is 5.11 Å². The van der Waals surface area contributed by atoms with Crippen LogP contribution in [0.25, 0.3) is 0 Å². The van der Waals surface area contributed by atoms with Crippen molar-refractivity contribution in [3.05, 3.63) is 64.7 Å². The van der Waals surface area contributed by atoms with Gasteiger partial charge in [0, 0.05) is 5.02 Å². The van der Waals surface area contributed by atoms with Crippen molar-refractivity contribution in [3.63, 3.8) is 0 Å². The zero-order valence-electron chi connectivity index (χ0n) is 10.8. The number of aromatic hydroxyl groups is 1. The highest BCUT2D eigenvalue weighted by molar-refractivity contribution is 6.35. The molecule has 2 nitrogen and oxygen atoms in total. The molecule has 0 saturated heterocycles. The van der Waals surface area contributed by atoms with Gasteiger partial charge in [-0.1, -0.05) is 35.3 Å². The molecule has 2 aromatic rings. The quantitative estimate of drug-likeness (QED) is 0.727. The standard InChI is InChI=1S/C16H14Cl2O2/c1-2-3-4-11-5-7-16(14(19)9-11)20-15-8-6-12(17)10-13(15)18/h2,5-10,19H,1,3-4H2. The summed E-state index contributed by atoms with van der Waals surface area (Å²) in [6.45, 7) is 3.68. The second kappa shape index (κ2) is 6.69. The van der Waals surface area contributed by atoms with E-state index < -0.39 is 0 Å². The van der Waals surface area contributed by atoms with Crippen molar-refractivity contribution in [2.75, 3.05) is 0 Å². The largest absolute Gasteiger partial charge is 0.504 e. The Morgan fingerprint density at radius 2 is 1.85 bits per heavy atom. The highest BCUT2D eigenvalue weighted by atomic mass is 35.5. The zero-order chi connectivity index (χ0) is 14.5. The molecular formula is C16H14Cl2O2. The lowest BCUT2D eigenvalue weighted by atomic mass is 10.1. The fourth-order valence-electron chi connectivity index (χ4n) is 1.75. The SMILES string of the molecule is C=CCCc1ccc(Oc2ccc(Cl)cc2Cl)c(O)c1. The van der Waals surface area contributed by atoms with Crippen LogP contribution >= 0.6 is 23.2 Å². The Morgan fingerprint density at radius 3 is 2.50 bits per heavy atom. The summed E-state index contributed by atoms with van der Waals surface area (Å²) in [6.07, 6.45) is 3.54. The number of benzene rings is 2. The van der Waals surface area contributed by atoms with E-state index in [4.69, 9.17) is 27.9 Å². The Balaban J connectivity index is 2.19. The average Bonchev–Trinajstić information content (AvgIpc) is 2.42. The van der Waals surface area contributed by atoms with Crippen molar-refractivity contribution in [1.29, 1.82) is 0 Å². The van der Waals surface area contributed by atoms with Gasteiger partial charge in [-0.05, 0) is 48.7 Å². The minimum atomic E-state index is 0.0811. The number of aryl methyl sites for hydroxylation is 1. The molecule has 0 aliphatic rings. The van der Waals surface area contributed by atoms with Gasteiger partial charge in [0.05, 0.1) is 5.02 Å². The van der Waals surface area contributed by atoms with Gasteiger partial charge in [0.2, 0.25) is 0 Å². The van der Waals surface area contributed by atoms with Crippen LogP contribution in [-0.2, 0) is 6.42 Å². The molecule has 0 unspecified atom stereocenters. The molecule has 104 valence electrons. The number of rotatable bonds is 5. The maximum atomic E-state index is 9.98. The molecule has 0 radical (unpaired) electrons. The van der Waals surface area contributed by atoms with Crippen molar-refractivity contribution >= 4 is 23.2 Å². The Morgan fingerprint density at radius 1 is 1.10 bits per heavy atom. The lowest BCUT2D eigenvalue weighted by Crippen LogP contribution is -1.89. The van der Waals surface area contributed by atoms with Crippen molar-refractivity contribution < 1.29 is 9.84 Å². The summed E-state index contributed by atoms with van der Waals surface area (Å²) >= 11 is 11.9. The smallest absolute Gasteiger partial charge is 0.169 e. The number of allylic oxidation sites excluding steroid dienone is 1. The van der Waals surface area contributed by atoms with E-state index in [1.165, 1.54) is 0 Å². The highest BCUT2D eigenvalue weighted by Crippen LogP contribution is 2.36. The van der Waals surface area contributed by atoms with Gasteiger partial charge in [-0.2, -0.15) is 0 Å². The molecule has 2 aromatic carbocycles. The molecule has 4 heteroatoms. The van der Waals surface area contributed by atoms with E-state index >= 15 is 0 Å². The molecule has 20 heavy (non-hydrogen) atoms. The maximum Gasteiger partial charge on any atom is 0.169 e. The summed E-state index contributed by atoms with van der Waals surface area (Å²) < 4.78 is 5.59. The average molecular weight is 309 g/mol. The van der Waals surface area contributed by atoms with E-state index in [1.54, 1.807) is 30.3 Å². The van der Waals surface area contributed by atoms with Gasteiger partial charge in [0.15, 0.2) is 11.5 Å². The fourth-order valence-corrected chi connectivity index (χ4v) is 2.20. The summed E-state index contributed by atoms with van der Waals surface area (Å²) in [4.78, 5) is 0. The molecule has 1 N–H and O–H groups in total. The fraction of sp³-hybridized carbons (Fsp3) is 0.125. The van der Waals surface area contributed by atoms with Gasteiger partial charge >= 0.3 is 0 Å². The second-order valence-corrected chi connectivity index (χ2v) is 5.15. The normalized spacial score (nSPS) is 10.3. The third-order valence-corrected chi connectivity index (χ3v) is 3.30. The maximum absolute atomic E-state index is 9.98. The first-order valence-corrected chi connectivity index (χ1v) is 6.91. The summed E-state index contributed by atoms with van der Waals surface area (Å²) in [5.41, 5.74) is 1.02. The molecular weight excluding hydrogens is 295 g/mol. The predicted octanol–water partition coefficient (Wildman–Crippen LogP) is 5.61. The Kier molecular flexibility index (Phi) is 4.94. The molecule has 0 saturated carbocycles.